The maximum Gasteiger partial charge on any atom is 0.407 e. The molecular weight excluding hydrogens is 412 g/mol. The molecule has 0 aliphatic heterocycles. The third kappa shape index (κ3) is 6.42. The van der Waals surface area contributed by atoms with E-state index in [0.29, 0.717) is 0 Å². The molecule has 0 bridgehead atoms. The van der Waals surface area contributed by atoms with Gasteiger partial charge in [-0.05, 0) is 22.3 Å². The Morgan fingerprint density at radius 1 is 0.938 bits per heavy atom. The topological polar surface area (TPSA) is 114 Å². The third-order valence-corrected chi connectivity index (χ3v) is 5.01. The number of carboxylic acids is 1. The van der Waals surface area contributed by atoms with Gasteiger partial charge in [-0.3, -0.25) is 4.79 Å². The Labute approximate surface area is 186 Å². The molecule has 0 spiro atoms. The molecule has 0 radical (unpaired) electrons. The van der Waals surface area contributed by atoms with Gasteiger partial charge in [0.25, 0.3) is 0 Å². The molecule has 32 heavy (non-hydrogen) atoms. The van der Waals surface area contributed by atoms with Crippen molar-refractivity contribution in [1.29, 1.82) is 0 Å². The van der Waals surface area contributed by atoms with E-state index >= 15 is 0 Å². The van der Waals surface area contributed by atoms with Gasteiger partial charge in [-0.15, -0.1) is 0 Å². The number of alkyl carbamates (subject to hydrolysis) is 1. The predicted molar refractivity (Wildman–Crippen MR) is 118 cm³/mol. The molecule has 8 heteroatoms. The number of nitrogens with one attached hydrogen (secondary N) is 2. The number of carboxylic acid groups (broad SMARTS) is 1. The highest BCUT2D eigenvalue weighted by Gasteiger charge is 2.28. The fourth-order valence-electron chi connectivity index (χ4n) is 3.56. The van der Waals surface area contributed by atoms with Crippen LogP contribution in [0, 0.1) is 0 Å². The number of hydrogen-bond acceptors (Lipinski definition) is 5. The van der Waals surface area contributed by atoms with Gasteiger partial charge in [0.05, 0.1) is 13.2 Å². The van der Waals surface area contributed by atoms with Crippen molar-refractivity contribution >= 4 is 18.0 Å². The lowest BCUT2D eigenvalue weighted by atomic mass is 9.98. The number of benzene rings is 2. The fourth-order valence-corrected chi connectivity index (χ4v) is 3.56. The Kier molecular flexibility index (Phi) is 8.39. The molecule has 168 valence electrons. The molecule has 0 saturated carbocycles. The van der Waals surface area contributed by atoms with Crippen LogP contribution < -0.4 is 10.6 Å². The number of hydrogen-bond donors (Lipinski definition) is 3. The van der Waals surface area contributed by atoms with Crippen molar-refractivity contribution in [3.05, 3.63) is 71.8 Å². The minimum Gasteiger partial charge on any atom is -0.478 e. The van der Waals surface area contributed by atoms with Crippen LogP contribution in [0.2, 0.25) is 0 Å². The first-order valence-corrected chi connectivity index (χ1v) is 10.4. The van der Waals surface area contributed by atoms with E-state index in [-0.39, 0.29) is 51.2 Å². The zero-order valence-electron chi connectivity index (χ0n) is 17.6. The number of ether oxygens (including phenoxy) is 2. The smallest absolute Gasteiger partial charge is 0.407 e. The van der Waals surface area contributed by atoms with Gasteiger partial charge in [-0.2, -0.15) is 0 Å². The second-order valence-corrected chi connectivity index (χ2v) is 7.16. The summed E-state index contributed by atoms with van der Waals surface area (Å²) in [6.07, 6.45) is 1.94. The van der Waals surface area contributed by atoms with Crippen molar-refractivity contribution < 1.29 is 29.0 Å². The summed E-state index contributed by atoms with van der Waals surface area (Å²) in [6, 6.07) is 16.3. The Morgan fingerprint density at radius 3 is 2.25 bits per heavy atom. The Hall–Kier alpha value is -3.65. The largest absolute Gasteiger partial charge is 0.478 e. The minimum atomic E-state index is -1.06. The van der Waals surface area contributed by atoms with E-state index in [1.807, 2.05) is 24.3 Å². The summed E-state index contributed by atoms with van der Waals surface area (Å²) < 4.78 is 10.8. The van der Waals surface area contributed by atoms with Crippen molar-refractivity contribution in [3.63, 3.8) is 0 Å². The average molecular weight is 438 g/mol. The van der Waals surface area contributed by atoms with E-state index in [1.54, 1.807) is 0 Å². The monoisotopic (exact) mass is 438 g/mol. The zero-order valence-corrected chi connectivity index (χ0v) is 17.6. The standard InChI is InChI=1S/C24H26N2O6/c27-22(25-12-5-10-23(28)29)11-14-31-15-13-26-24(30)32-16-21-19-8-3-1-6-17(19)18-7-2-4-9-20(18)21/h1-10,21H,11-16H2,(H,25,27)(H,26,30)(H,28,29)/b10-5+. The van der Waals surface area contributed by atoms with Crippen LogP contribution in [0.25, 0.3) is 11.1 Å². The lowest BCUT2D eigenvalue weighted by Gasteiger charge is -2.14. The maximum absolute atomic E-state index is 12.1. The molecule has 0 saturated heterocycles. The fraction of sp³-hybridized carbons (Fsp3) is 0.292. The molecule has 1 aliphatic rings. The quantitative estimate of drug-likeness (QED) is 0.367. The minimum absolute atomic E-state index is 0.00764. The summed E-state index contributed by atoms with van der Waals surface area (Å²) in [6.45, 7) is 1.10. The molecule has 3 rings (SSSR count). The zero-order chi connectivity index (χ0) is 22.8. The van der Waals surface area contributed by atoms with Gasteiger partial charge in [0.2, 0.25) is 5.91 Å². The number of carbonyl (C=O) groups is 3. The van der Waals surface area contributed by atoms with Gasteiger partial charge in [-0.1, -0.05) is 54.6 Å². The number of amides is 2. The van der Waals surface area contributed by atoms with Crippen LogP contribution in [-0.2, 0) is 19.1 Å². The molecule has 1 aliphatic carbocycles. The van der Waals surface area contributed by atoms with Crippen LogP contribution in [0.5, 0.6) is 0 Å². The van der Waals surface area contributed by atoms with Crippen LogP contribution in [0.15, 0.2) is 60.7 Å². The Balaban J connectivity index is 1.31. The summed E-state index contributed by atoms with van der Waals surface area (Å²) in [4.78, 5) is 33.9. The Bertz CT molecular complexity index is 942. The average Bonchev–Trinajstić information content (AvgIpc) is 3.11. The van der Waals surface area contributed by atoms with Gasteiger partial charge in [0.15, 0.2) is 0 Å². The summed E-state index contributed by atoms with van der Waals surface area (Å²) in [5, 5.41) is 13.6. The van der Waals surface area contributed by atoms with Gasteiger partial charge in [-0.25, -0.2) is 9.59 Å². The van der Waals surface area contributed by atoms with Gasteiger partial charge < -0.3 is 25.2 Å². The maximum atomic E-state index is 12.1. The lowest BCUT2D eigenvalue weighted by Crippen LogP contribution is -2.30. The van der Waals surface area contributed by atoms with Gasteiger partial charge in [0.1, 0.15) is 6.61 Å². The molecule has 0 atom stereocenters. The van der Waals surface area contributed by atoms with Crippen molar-refractivity contribution in [3.8, 4) is 11.1 Å². The molecule has 0 heterocycles. The number of fused-ring (bicyclic) bond motifs is 3. The normalized spacial score (nSPS) is 12.2. The summed E-state index contributed by atoms with van der Waals surface area (Å²) in [5.41, 5.74) is 4.66. The van der Waals surface area contributed by atoms with Gasteiger partial charge >= 0.3 is 12.1 Å². The SMILES string of the molecule is O=C(O)/C=C/CNC(=O)CCOCCNC(=O)OCC1c2ccccc2-c2ccccc21. The van der Waals surface area contributed by atoms with Crippen molar-refractivity contribution in [2.24, 2.45) is 0 Å². The van der Waals surface area contributed by atoms with E-state index in [4.69, 9.17) is 14.6 Å². The molecule has 8 nitrogen and oxygen atoms in total. The van der Waals surface area contributed by atoms with E-state index in [1.165, 1.54) is 17.2 Å². The molecule has 0 aromatic heterocycles. The second kappa shape index (κ2) is 11.7. The summed E-state index contributed by atoms with van der Waals surface area (Å²) >= 11 is 0. The highest BCUT2D eigenvalue weighted by molar-refractivity contribution is 5.80. The van der Waals surface area contributed by atoms with Gasteiger partial charge in [0, 0.05) is 31.5 Å². The highest BCUT2D eigenvalue weighted by Crippen LogP contribution is 2.44. The van der Waals surface area contributed by atoms with Crippen LogP contribution >= 0.6 is 0 Å². The third-order valence-electron chi connectivity index (χ3n) is 5.01. The first-order valence-electron chi connectivity index (χ1n) is 10.4. The first kappa shape index (κ1) is 23.0. The lowest BCUT2D eigenvalue weighted by molar-refractivity contribution is -0.131. The molecule has 2 aromatic carbocycles. The van der Waals surface area contributed by atoms with Crippen molar-refractivity contribution in [1.82, 2.24) is 10.6 Å². The molecular formula is C24H26N2O6. The van der Waals surface area contributed by atoms with Crippen LogP contribution in [0.3, 0.4) is 0 Å². The van der Waals surface area contributed by atoms with Crippen LogP contribution in [0.4, 0.5) is 4.79 Å². The molecule has 2 amide bonds. The molecule has 2 aromatic rings. The molecule has 0 fully saturated rings. The Morgan fingerprint density at radius 2 is 1.59 bits per heavy atom. The first-order chi connectivity index (χ1) is 15.6. The number of carbonyl (C=O) groups excluding carboxylic acids is 2. The number of aliphatic carboxylic acids is 1. The van der Waals surface area contributed by atoms with E-state index in [9.17, 15) is 14.4 Å². The van der Waals surface area contributed by atoms with E-state index in [0.717, 1.165) is 17.2 Å². The summed E-state index contributed by atoms with van der Waals surface area (Å²) in [5.74, 6) is -1.30. The number of rotatable bonds is 11. The molecule has 0 unspecified atom stereocenters. The highest BCUT2D eigenvalue weighted by atomic mass is 16.5. The molecule has 3 N–H and O–H groups in total. The van der Waals surface area contributed by atoms with Crippen molar-refractivity contribution in [2.45, 2.75) is 12.3 Å². The predicted octanol–water partition coefficient (Wildman–Crippen LogP) is 2.69. The van der Waals surface area contributed by atoms with Crippen LogP contribution in [0.1, 0.15) is 23.5 Å². The van der Waals surface area contributed by atoms with Crippen LogP contribution in [-0.4, -0.2) is 56.0 Å². The van der Waals surface area contributed by atoms with E-state index < -0.39 is 12.1 Å². The van der Waals surface area contributed by atoms with Crippen molar-refractivity contribution in [2.75, 3.05) is 32.9 Å². The summed E-state index contributed by atoms with van der Waals surface area (Å²) in [7, 11) is 0. The second-order valence-electron chi connectivity index (χ2n) is 7.16. The van der Waals surface area contributed by atoms with E-state index in [2.05, 4.69) is 34.9 Å².